The van der Waals surface area contributed by atoms with Crippen LogP contribution in [0.1, 0.15) is 6.42 Å². The lowest BCUT2D eigenvalue weighted by Gasteiger charge is -2.33. The van der Waals surface area contributed by atoms with Crippen LogP contribution in [0.3, 0.4) is 0 Å². The number of carboxylic acid groups (broad SMARTS) is 1. The maximum Gasteiger partial charge on any atom is 0.323 e. The average molecular weight is 411 g/mol. The zero-order chi connectivity index (χ0) is 21.8. The molecular weight excluding hydrogens is 390 g/mol. The molecule has 0 saturated carbocycles. The second kappa shape index (κ2) is 8.60. The highest BCUT2D eigenvalue weighted by Crippen LogP contribution is 2.27. The van der Waals surface area contributed by atoms with Crippen molar-refractivity contribution in [3.05, 3.63) is 48.9 Å². The molecule has 0 radical (unpaired) electrons. The SMILES string of the molecule is CN1C=CC(=O)C(N(C(=O)NCCC(=O)O)c2cccc(-c3cnn(C)c3)c2)C1=O. The fourth-order valence-electron chi connectivity index (χ4n) is 3.05. The smallest absolute Gasteiger partial charge is 0.323 e. The number of urea groups is 1. The van der Waals surface area contributed by atoms with Gasteiger partial charge in [-0.3, -0.25) is 24.0 Å². The number of nitrogens with one attached hydrogen (secondary N) is 1. The van der Waals surface area contributed by atoms with E-state index in [4.69, 9.17) is 5.11 Å². The van der Waals surface area contributed by atoms with Crippen LogP contribution in [0, 0.1) is 0 Å². The topological polar surface area (TPSA) is 125 Å². The van der Waals surface area contributed by atoms with Crippen molar-refractivity contribution in [3.63, 3.8) is 0 Å². The van der Waals surface area contributed by atoms with Crippen LogP contribution in [0.25, 0.3) is 11.1 Å². The van der Waals surface area contributed by atoms with Gasteiger partial charge in [-0.05, 0) is 17.7 Å². The van der Waals surface area contributed by atoms with Crippen LogP contribution >= 0.6 is 0 Å². The molecule has 1 aliphatic rings. The Balaban J connectivity index is 2.00. The van der Waals surface area contributed by atoms with E-state index >= 15 is 0 Å². The molecular formula is C20H21N5O5. The first kappa shape index (κ1) is 20.8. The maximum absolute atomic E-state index is 12.9. The van der Waals surface area contributed by atoms with E-state index in [9.17, 15) is 19.2 Å². The monoisotopic (exact) mass is 411 g/mol. The van der Waals surface area contributed by atoms with Gasteiger partial charge in [0.25, 0.3) is 5.91 Å². The van der Waals surface area contributed by atoms with Crippen LogP contribution in [-0.2, 0) is 21.4 Å². The molecule has 10 heteroatoms. The third-order valence-corrected chi connectivity index (χ3v) is 4.57. The van der Waals surface area contributed by atoms with Crippen molar-refractivity contribution >= 4 is 29.4 Å². The highest BCUT2D eigenvalue weighted by molar-refractivity contribution is 6.19. The third-order valence-electron chi connectivity index (χ3n) is 4.57. The van der Waals surface area contributed by atoms with Crippen LogP contribution in [-0.4, -0.2) is 63.1 Å². The summed E-state index contributed by atoms with van der Waals surface area (Å²) in [6, 6.07) is 4.66. The van der Waals surface area contributed by atoms with Gasteiger partial charge in [0.05, 0.1) is 12.6 Å². The number of carbonyl (C=O) groups excluding carboxylic acids is 3. The van der Waals surface area contributed by atoms with Gasteiger partial charge < -0.3 is 15.3 Å². The Bertz CT molecular complexity index is 1030. The summed E-state index contributed by atoms with van der Waals surface area (Å²) in [6.07, 6.45) is 5.73. The second-order valence-corrected chi connectivity index (χ2v) is 6.77. The minimum absolute atomic E-state index is 0.145. The van der Waals surface area contributed by atoms with E-state index < -0.39 is 29.7 Å². The summed E-state index contributed by atoms with van der Waals surface area (Å²) in [6.45, 7) is -0.145. The zero-order valence-electron chi connectivity index (χ0n) is 16.5. The van der Waals surface area contributed by atoms with Crippen molar-refractivity contribution in [2.24, 2.45) is 7.05 Å². The zero-order valence-corrected chi connectivity index (χ0v) is 16.5. The van der Waals surface area contributed by atoms with Crippen molar-refractivity contribution in [2.45, 2.75) is 12.5 Å². The highest BCUT2D eigenvalue weighted by atomic mass is 16.4. The van der Waals surface area contributed by atoms with E-state index in [-0.39, 0.29) is 13.0 Å². The molecule has 1 aromatic heterocycles. The van der Waals surface area contributed by atoms with Crippen LogP contribution < -0.4 is 10.2 Å². The minimum Gasteiger partial charge on any atom is -0.481 e. The van der Waals surface area contributed by atoms with Gasteiger partial charge in [-0.25, -0.2) is 4.79 Å². The molecule has 156 valence electrons. The van der Waals surface area contributed by atoms with E-state index in [1.165, 1.54) is 24.2 Å². The number of nitrogens with zero attached hydrogens (tertiary/aromatic N) is 4. The number of aryl methyl sites for hydroxylation is 1. The van der Waals surface area contributed by atoms with Gasteiger partial charge in [0, 0.05) is 50.4 Å². The Morgan fingerprint density at radius 2 is 2.00 bits per heavy atom. The fraction of sp³-hybridized carbons (Fsp3) is 0.250. The number of benzene rings is 1. The van der Waals surface area contributed by atoms with Gasteiger partial charge in [0.2, 0.25) is 0 Å². The van der Waals surface area contributed by atoms with Crippen molar-refractivity contribution in [1.29, 1.82) is 0 Å². The van der Waals surface area contributed by atoms with E-state index in [0.717, 1.165) is 16.0 Å². The van der Waals surface area contributed by atoms with Crippen LogP contribution in [0.4, 0.5) is 10.5 Å². The van der Waals surface area contributed by atoms with Gasteiger partial charge >= 0.3 is 12.0 Å². The summed E-state index contributed by atoms with van der Waals surface area (Å²) in [5.74, 6) is -2.19. The molecule has 10 nitrogen and oxygen atoms in total. The summed E-state index contributed by atoms with van der Waals surface area (Å²) in [7, 11) is 3.27. The first-order valence-corrected chi connectivity index (χ1v) is 9.14. The van der Waals surface area contributed by atoms with Crippen molar-refractivity contribution < 1.29 is 24.3 Å². The molecule has 30 heavy (non-hydrogen) atoms. The molecule has 2 N–H and O–H groups in total. The Labute approximate surface area is 172 Å². The lowest BCUT2D eigenvalue weighted by Crippen LogP contribution is -2.57. The normalized spacial score (nSPS) is 15.9. The lowest BCUT2D eigenvalue weighted by atomic mass is 10.0. The summed E-state index contributed by atoms with van der Waals surface area (Å²) in [4.78, 5) is 51.3. The summed E-state index contributed by atoms with van der Waals surface area (Å²) < 4.78 is 1.63. The minimum atomic E-state index is -1.39. The molecule has 0 aliphatic carbocycles. The number of hydrogen-bond acceptors (Lipinski definition) is 5. The Morgan fingerprint density at radius 3 is 2.67 bits per heavy atom. The summed E-state index contributed by atoms with van der Waals surface area (Å²) in [5, 5.41) is 15.4. The Kier molecular flexibility index (Phi) is 5.95. The van der Waals surface area contributed by atoms with E-state index in [1.807, 2.05) is 6.07 Å². The molecule has 1 aliphatic heterocycles. The first-order valence-electron chi connectivity index (χ1n) is 9.14. The number of ketones is 1. The highest BCUT2D eigenvalue weighted by Gasteiger charge is 2.39. The number of aromatic nitrogens is 2. The molecule has 1 unspecified atom stereocenters. The number of anilines is 1. The van der Waals surface area contributed by atoms with Gasteiger partial charge in [-0.2, -0.15) is 5.10 Å². The Morgan fingerprint density at radius 1 is 1.23 bits per heavy atom. The van der Waals surface area contributed by atoms with Crippen LogP contribution in [0.15, 0.2) is 48.9 Å². The van der Waals surface area contributed by atoms with Crippen LogP contribution in [0.2, 0.25) is 0 Å². The molecule has 0 spiro atoms. The van der Waals surface area contributed by atoms with Gasteiger partial charge in [0.15, 0.2) is 11.8 Å². The number of hydrogen-bond donors (Lipinski definition) is 2. The number of likely N-dealkylation sites (N-methyl/N-ethyl adjacent to an activating group) is 1. The molecule has 1 aromatic carbocycles. The molecule has 1 atom stereocenters. The predicted octanol–water partition coefficient (Wildman–Crippen LogP) is 1.00. The molecule has 0 bridgehead atoms. The van der Waals surface area contributed by atoms with Crippen molar-refractivity contribution in [2.75, 3.05) is 18.5 Å². The first-order chi connectivity index (χ1) is 14.3. The average Bonchev–Trinajstić information content (AvgIpc) is 3.14. The lowest BCUT2D eigenvalue weighted by molar-refractivity contribution is -0.137. The number of amides is 3. The standard InChI is InChI=1S/C20H21N5O5/c1-23-9-7-16(26)18(19(23)29)25(20(30)21-8-6-17(27)28)15-5-3-4-13(10-15)14-11-22-24(2)12-14/h3-5,7,9-12,18H,6,8H2,1-2H3,(H,21,30)(H,27,28). The fourth-order valence-corrected chi connectivity index (χ4v) is 3.05. The molecule has 2 aromatic rings. The summed E-state index contributed by atoms with van der Waals surface area (Å²) in [5.41, 5.74) is 1.85. The molecule has 2 heterocycles. The molecule has 0 fully saturated rings. The van der Waals surface area contributed by atoms with Gasteiger partial charge in [-0.15, -0.1) is 0 Å². The number of carboxylic acids is 1. The van der Waals surface area contributed by atoms with Crippen LogP contribution in [0.5, 0.6) is 0 Å². The van der Waals surface area contributed by atoms with Crippen molar-refractivity contribution in [3.8, 4) is 11.1 Å². The quantitative estimate of drug-likeness (QED) is 0.684. The molecule has 0 saturated heterocycles. The maximum atomic E-state index is 12.9. The molecule has 3 rings (SSSR count). The van der Waals surface area contributed by atoms with Crippen molar-refractivity contribution in [1.82, 2.24) is 20.0 Å². The summed E-state index contributed by atoms with van der Waals surface area (Å²) >= 11 is 0. The Hall–Kier alpha value is -3.95. The van der Waals surface area contributed by atoms with E-state index in [1.54, 1.807) is 42.3 Å². The third kappa shape index (κ3) is 4.37. The largest absolute Gasteiger partial charge is 0.481 e. The predicted molar refractivity (Wildman–Crippen MR) is 107 cm³/mol. The van der Waals surface area contributed by atoms with E-state index in [0.29, 0.717) is 5.69 Å². The van der Waals surface area contributed by atoms with Gasteiger partial charge in [0.1, 0.15) is 0 Å². The second-order valence-electron chi connectivity index (χ2n) is 6.77. The molecule has 3 amide bonds. The number of rotatable bonds is 6. The number of carbonyl (C=O) groups is 4. The number of aliphatic carboxylic acids is 1. The van der Waals surface area contributed by atoms with Gasteiger partial charge in [-0.1, -0.05) is 12.1 Å². The van der Waals surface area contributed by atoms with E-state index in [2.05, 4.69) is 10.4 Å².